The summed E-state index contributed by atoms with van der Waals surface area (Å²) in [5, 5.41) is 2.96. The van der Waals surface area contributed by atoms with Crippen molar-refractivity contribution in [2.75, 3.05) is 19.3 Å². The van der Waals surface area contributed by atoms with E-state index in [0.29, 0.717) is 12.3 Å². The number of hydrogen-bond acceptors (Lipinski definition) is 3. The SMILES string of the molecule is CNCCCS(=O)(=O)NC1CCCC(C)C1. The summed E-state index contributed by atoms with van der Waals surface area (Å²) in [6.07, 6.45) is 5.04. The van der Waals surface area contributed by atoms with Crippen molar-refractivity contribution in [1.82, 2.24) is 10.0 Å². The van der Waals surface area contributed by atoms with Crippen LogP contribution in [0, 0.1) is 5.92 Å². The first kappa shape index (κ1) is 13.9. The molecule has 1 aliphatic rings. The zero-order chi connectivity index (χ0) is 12.0. The highest BCUT2D eigenvalue weighted by Crippen LogP contribution is 2.23. The molecule has 0 aromatic carbocycles. The van der Waals surface area contributed by atoms with Gasteiger partial charge in [0.05, 0.1) is 5.75 Å². The predicted octanol–water partition coefficient (Wildman–Crippen LogP) is 1.09. The Hall–Kier alpha value is -0.130. The van der Waals surface area contributed by atoms with Gasteiger partial charge in [0.2, 0.25) is 10.0 Å². The molecule has 96 valence electrons. The van der Waals surface area contributed by atoms with Gasteiger partial charge in [0.25, 0.3) is 0 Å². The second kappa shape index (κ2) is 6.57. The third-order valence-electron chi connectivity index (χ3n) is 3.12. The molecule has 0 aromatic heterocycles. The van der Waals surface area contributed by atoms with Crippen molar-refractivity contribution in [3.63, 3.8) is 0 Å². The molecule has 2 atom stereocenters. The Labute approximate surface area is 99.2 Å². The summed E-state index contributed by atoms with van der Waals surface area (Å²) >= 11 is 0. The van der Waals surface area contributed by atoms with Gasteiger partial charge in [-0.2, -0.15) is 0 Å². The lowest BCUT2D eigenvalue weighted by molar-refractivity contribution is 0.327. The summed E-state index contributed by atoms with van der Waals surface area (Å²) in [4.78, 5) is 0. The van der Waals surface area contributed by atoms with Crippen LogP contribution in [-0.2, 0) is 10.0 Å². The first-order valence-electron chi connectivity index (χ1n) is 6.18. The first-order valence-corrected chi connectivity index (χ1v) is 7.83. The zero-order valence-corrected chi connectivity index (χ0v) is 11.1. The molecular weight excluding hydrogens is 224 g/mol. The number of rotatable bonds is 6. The highest BCUT2D eigenvalue weighted by molar-refractivity contribution is 7.89. The minimum Gasteiger partial charge on any atom is -0.320 e. The number of nitrogens with one attached hydrogen (secondary N) is 2. The van der Waals surface area contributed by atoms with Crippen molar-refractivity contribution in [3.05, 3.63) is 0 Å². The molecule has 4 nitrogen and oxygen atoms in total. The second-order valence-electron chi connectivity index (χ2n) is 4.86. The summed E-state index contributed by atoms with van der Waals surface area (Å²) in [6.45, 7) is 2.95. The molecule has 0 radical (unpaired) electrons. The maximum absolute atomic E-state index is 11.7. The molecule has 0 saturated heterocycles. The molecule has 0 bridgehead atoms. The van der Waals surface area contributed by atoms with Crippen LogP contribution in [0.1, 0.15) is 39.0 Å². The quantitative estimate of drug-likeness (QED) is 0.692. The summed E-state index contributed by atoms with van der Waals surface area (Å²) in [5.41, 5.74) is 0. The highest BCUT2D eigenvalue weighted by atomic mass is 32.2. The van der Waals surface area contributed by atoms with E-state index in [4.69, 9.17) is 0 Å². The van der Waals surface area contributed by atoms with Crippen molar-refractivity contribution < 1.29 is 8.42 Å². The largest absolute Gasteiger partial charge is 0.320 e. The van der Waals surface area contributed by atoms with Gasteiger partial charge in [-0.05, 0) is 38.8 Å². The van der Waals surface area contributed by atoms with Crippen molar-refractivity contribution in [2.24, 2.45) is 5.92 Å². The van der Waals surface area contributed by atoms with Crippen LogP contribution < -0.4 is 10.0 Å². The summed E-state index contributed by atoms with van der Waals surface area (Å²) in [6, 6.07) is 0.170. The summed E-state index contributed by atoms with van der Waals surface area (Å²) in [5.74, 6) is 0.886. The lowest BCUT2D eigenvalue weighted by Gasteiger charge is -2.27. The van der Waals surface area contributed by atoms with Crippen molar-refractivity contribution >= 4 is 10.0 Å². The van der Waals surface area contributed by atoms with Crippen LogP contribution in [0.5, 0.6) is 0 Å². The molecule has 2 unspecified atom stereocenters. The molecule has 2 N–H and O–H groups in total. The lowest BCUT2D eigenvalue weighted by atomic mass is 9.88. The third-order valence-corrected chi connectivity index (χ3v) is 4.64. The van der Waals surface area contributed by atoms with Crippen LogP contribution in [0.2, 0.25) is 0 Å². The molecule has 0 aliphatic heterocycles. The molecular formula is C11H24N2O2S. The number of hydrogen-bond donors (Lipinski definition) is 2. The Balaban J connectivity index is 2.33. The monoisotopic (exact) mass is 248 g/mol. The first-order chi connectivity index (χ1) is 7.53. The van der Waals surface area contributed by atoms with Gasteiger partial charge >= 0.3 is 0 Å². The molecule has 1 aliphatic carbocycles. The van der Waals surface area contributed by atoms with E-state index < -0.39 is 10.0 Å². The van der Waals surface area contributed by atoms with Gasteiger partial charge in [-0.15, -0.1) is 0 Å². The zero-order valence-electron chi connectivity index (χ0n) is 10.3. The molecule has 1 fully saturated rings. The minimum absolute atomic E-state index is 0.170. The molecule has 0 heterocycles. The third kappa shape index (κ3) is 5.27. The number of sulfonamides is 1. The van der Waals surface area contributed by atoms with Gasteiger partial charge in [0, 0.05) is 6.04 Å². The van der Waals surface area contributed by atoms with E-state index >= 15 is 0 Å². The van der Waals surface area contributed by atoms with E-state index in [2.05, 4.69) is 17.0 Å². The molecule has 16 heavy (non-hydrogen) atoms. The second-order valence-corrected chi connectivity index (χ2v) is 6.74. The molecule has 1 saturated carbocycles. The van der Waals surface area contributed by atoms with E-state index in [1.165, 1.54) is 6.42 Å². The maximum Gasteiger partial charge on any atom is 0.211 e. The highest BCUT2D eigenvalue weighted by Gasteiger charge is 2.22. The topological polar surface area (TPSA) is 58.2 Å². The molecule has 0 amide bonds. The molecule has 1 rings (SSSR count). The van der Waals surface area contributed by atoms with Gasteiger partial charge < -0.3 is 5.32 Å². The van der Waals surface area contributed by atoms with Gasteiger partial charge in [-0.1, -0.05) is 19.8 Å². The van der Waals surface area contributed by atoms with Crippen molar-refractivity contribution in [2.45, 2.75) is 45.1 Å². The van der Waals surface area contributed by atoms with Gasteiger partial charge in [0.1, 0.15) is 0 Å². The Morgan fingerprint density at radius 2 is 2.06 bits per heavy atom. The van der Waals surface area contributed by atoms with Crippen LogP contribution in [0.3, 0.4) is 0 Å². The Morgan fingerprint density at radius 3 is 2.69 bits per heavy atom. The van der Waals surface area contributed by atoms with E-state index in [-0.39, 0.29) is 11.8 Å². The standard InChI is InChI=1S/C11H24N2O2S/c1-10-5-3-6-11(9-10)13-16(14,15)8-4-7-12-2/h10-13H,3-9H2,1-2H3. The predicted molar refractivity (Wildman–Crippen MR) is 66.9 cm³/mol. The van der Waals surface area contributed by atoms with Crippen molar-refractivity contribution in [3.8, 4) is 0 Å². The van der Waals surface area contributed by atoms with Crippen LogP contribution in [0.4, 0.5) is 0 Å². The summed E-state index contributed by atoms with van der Waals surface area (Å²) < 4.78 is 26.3. The molecule has 0 spiro atoms. The Bertz CT molecular complexity index is 290. The average Bonchev–Trinajstić information content (AvgIpc) is 2.17. The fourth-order valence-corrected chi connectivity index (χ4v) is 3.66. The van der Waals surface area contributed by atoms with Crippen LogP contribution in [-0.4, -0.2) is 33.8 Å². The minimum atomic E-state index is -3.07. The van der Waals surface area contributed by atoms with Gasteiger partial charge in [-0.3, -0.25) is 0 Å². The lowest BCUT2D eigenvalue weighted by Crippen LogP contribution is -2.39. The fourth-order valence-electron chi connectivity index (χ4n) is 2.29. The van der Waals surface area contributed by atoms with Crippen LogP contribution >= 0.6 is 0 Å². The van der Waals surface area contributed by atoms with E-state index in [1.807, 2.05) is 7.05 Å². The van der Waals surface area contributed by atoms with Gasteiger partial charge in [-0.25, -0.2) is 13.1 Å². The summed E-state index contributed by atoms with van der Waals surface area (Å²) in [7, 11) is -1.23. The molecule has 0 aromatic rings. The Kier molecular flexibility index (Phi) is 5.72. The molecule has 5 heteroatoms. The van der Waals surface area contributed by atoms with Crippen LogP contribution in [0.25, 0.3) is 0 Å². The Morgan fingerprint density at radius 1 is 1.31 bits per heavy atom. The van der Waals surface area contributed by atoms with E-state index in [0.717, 1.165) is 25.8 Å². The fraction of sp³-hybridized carbons (Fsp3) is 1.00. The van der Waals surface area contributed by atoms with Crippen molar-refractivity contribution in [1.29, 1.82) is 0 Å². The van der Waals surface area contributed by atoms with Gasteiger partial charge in [0.15, 0.2) is 0 Å². The maximum atomic E-state index is 11.7. The normalized spacial score (nSPS) is 26.9. The average molecular weight is 248 g/mol. The van der Waals surface area contributed by atoms with Crippen LogP contribution in [0.15, 0.2) is 0 Å². The van der Waals surface area contributed by atoms with E-state index in [9.17, 15) is 8.42 Å². The van der Waals surface area contributed by atoms with E-state index in [1.54, 1.807) is 0 Å². The smallest absolute Gasteiger partial charge is 0.211 e.